The molecule has 2 N–H and O–H groups in total. The molecule has 11 heteroatoms. The van der Waals surface area contributed by atoms with E-state index in [0.717, 1.165) is 57.9 Å². The summed E-state index contributed by atoms with van der Waals surface area (Å²) in [5.74, 6) is -0.699. The fraction of sp³-hybridized carbons (Fsp3) is 0.564. The Balaban J connectivity index is 1.21. The molecule has 0 spiro atoms. The maximum atomic E-state index is 17.0. The predicted octanol–water partition coefficient (Wildman–Crippen LogP) is 6.93. The van der Waals surface area contributed by atoms with Crippen molar-refractivity contribution in [2.45, 2.75) is 102 Å². The minimum absolute atomic E-state index is 0.0350. The van der Waals surface area contributed by atoms with Gasteiger partial charge in [0.05, 0.1) is 23.7 Å². The predicted molar refractivity (Wildman–Crippen MR) is 189 cm³/mol. The number of anilines is 1. The van der Waals surface area contributed by atoms with Crippen LogP contribution in [-0.2, 0) is 11.2 Å². The van der Waals surface area contributed by atoms with E-state index in [2.05, 4.69) is 9.88 Å². The van der Waals surface area contributed by atoms with Crippen LogP contribution in [0.25, 0.3) is 32.9 Å². The summed E-state index contributed by atoms with van der Waals surface area (Å²) in [7, 11) is 1.80. The zero-order valence-corrected chi connectivity index (χ0v) is 29.2. The molecule has 3 unspecified atom stereocenters. The maximum Gasteiger partial charge on any atom is 0.319 e. The topological polar surface area (TPSA) is 104 Å². The summed E-state index contributed by atoms with van der Waals surface area (Å²) in [5.41, 5.74) is -0.250. The lowest BCUT2D eigenvalue weighted by Gasteiger charge is -2.53. The third-order valence-electron chi connectivity index (χ3n) is 12.1. The number of phenolic OH excluding ortho intramolecular Hbond substituents is 1. The second-order valence-electron chi connectivity index (χ2n) is 15.4. The largest absolute Gasteiger partial charge is 0.508 e. The maximum absolute atomic E-state index is 17.0. The molecule has 2 saturated carbocycles. The SMILES string of the molecule is CCc1c(F)ccc2cc(O)cc(-c3ncc4c(N5CCCC(C)(O)C5)nc(OCC56CCCC5N(C5CC(OC)C5)CCC6)nc4c3F)c12. The van der Waals surface area contributed by atoms with E-state index < -0.39 is 17.2 Å². The van der Waals surface area contributed by atoms with Crippen LogP contribution in [0.4, 0.5) is 14.6 Å². The molecule has 2 aliphatic carbocycles. The van der Waals surface area contributed by atoms with E-state index in [1.54, 1.807) is 32.4 Å². The van der Waals surface area contributed by atoms with E-state index in [1.165, 1.54) is 12.1 Å². The van der Waals surface area contributed by atoms with Crippen LogP contribution < -0.4 is 9.64 Å². The van der Waals surface area contributed by atoms with Gasteiger partial charge in [-0.3, -0.25) is 9.88 Å². The van der Waals surface area contributed by atoms with Crippen molar-refractivity contribution in [1.29, 1.82) is 0 Å². The van der Waals surface area contributed by atoms with Crippen LogP contribution in [0.3, 0.4) is 0 Å². The number of fused-ring (bicyclic) bond motifs is 3. The van der Waals surface area contributed by atoms with Crippen molar-refractivity contribution in [3.05, 3.63) is 47.7 Å². The number of methoxy groups -OCH3 is 1. The summed E-state index contributed by atoms with van der Waals surface area (Å²) in [6.07, 6.45) is 11.3. The van der Waals surface area contributed by atoms with Crippen LogP contribution in [0, 0.1) is 17.0 Å². The highest BCUT2D eigenvalue weighted by molar-refractivity contribution is 6.01. The second-order valence-corrected chi connectivity index (χ2v) is 15.4. The number of nitrogens with zero attached hydrogens (tertiary/aromatic N) is 5. The van der Waals surface area contributed by atoms with Gasteiger partial charge in [0.15, 0.2) is 5.82 Å². The van der Waals surface area contributed by atoms with Gasteiger partial charge in [-0.05, 0) is 106 Å². The van der Waals surface area contributed by atoms with E-state index in [0.29, 0.717) is 83.8 Å². The molecule has 0 radical (unpaired) electrons. The van der Waals surface area contributed by atoms with Gasteiger partial charge in [0.2, 0.25) is 0 Å². The number of benzene rings is 2. The van der Waals surface area contributed by atoms with Gasteiger partial charge in [0.1, 0.15) is 28.6 Å². The number of pyridine rings is 1. The van der Waals surface area contributed by atoms with Crippen molar-refractivity contribution < 1.29 is 28.5 Å². The lowest BCUT2D eigenvalue weighted by atomic mass is 9.73. The summed E-state index contributed by atoms with van der Waals surface area (Å²) in [6, 6.07) is 6.98. The summed E-state index contributed by atoms with van der Waals surface area (Å²) in [5, 5.41) is 23.2. The van der Waals surface area contributed by atoms with Crippen molar-refractivity contribution in [2.75, 3.05) is 38.3 Å². The van der Waals surface area contributed by atoms with Crippen LogP contribution >= 0.6 is 0 Å². The number of hydrogen-bond donors (Lipinski definition) is 2. The lowest BCUT2D eigenvalue weighted by molar-refractivity contribution is -0.0845. The average Bonchev–Trinajstić information content (AvgIpc) is 3.51. The molecule has 8 rings (SSSR count). The first-order valence-corrected chi connectivity index (χ1v) is 18.3. The van der Waals surface area contributed by atoms with E-state index in [9.17, 15) is 10.2 Å². The lowest BCUT2D eigenvalue weighted by Crippen LogP contribution is -2.59. The number of aromatic hydroxyl groups is 1. The van der Waals surface area contributed by atoms with Crippen LogP contribution in [-0.4, -0.2) is 87.2 Å². The molecule has 0 bridgehead atoms. The monoisotopic (exact) mass is 687 g/mol. The highest BCUT2D eigenvalue weighted by Crippen LogP contribution is 2.50. The standard InChI is InChI=1S/C39H47F2N5O4/c1-4-27-30(40)10-9-23-16-25(47)19-28(32(23)27)34-33(41)35-29(20-42-34)36(45-14-6-11-38(2,48)21-45)44-37(43-35)50-22-39-12-5-8-31(39)46(15-7-13-39)24-17-26(18-24)49-3/h9-10,16,19-20,24,26,31,47-48H,4-8,11-15,17-18,21-22H2,1-3H3. The molecule has 2 aromatic heterocycles. The molecule has 3 atom stereocenters. The molecule has 0 amide bonds. The van der Waals surface area contributed by atoms with Gasteiger partial charge in [-0.2, -0.15) is 9.97 Å². The minimum atomic E-state index is -0.936. The Morgan fingerprint density at radius 3 is 2.62 bits per heavy atom. The summed E-state index contributed by atoms with van der Waals surface area (Å²) in [4.78, 5) is 18.8. The molecule has 2 saturated heterocycles. The van der Waals surface area contributed by atoms with Gasteiger partial charge in [0, 0.05) is 49.5 Å². The van der Waals surface area contributed by atoms with E-state index in [-0.39, 0.29) is 28.4 Å². The number of aromatic nitrogens is 3. The van der Waals surface area contributed by atoms with Crippen molar-refractivity contribution in [3.8, 4) is 23.0 Å². The number of likely N-dealkylation sites (tertiary alicyclic amines) is 1. The van der Waals surface area contributed by atoms with Crippen molar-refractivity contribution in [2.24, 2.45) is 5.41 Å². The molecule has 2 aliphatic heterocycles. The second kappa shape index (κ2) is 12.8. The smallest absolute Gasteiger partial charge is 0.319 e. The molecular weight excluding hydrogens is 640 g/mol. The first-order valence-electron chi connectivity index (χ1n) is 18.3. The molecule has 4 aliphatic rings. The van der Waals surface area contributed by atoms with Gasteiger partial charge >= 0.3 is 6.01 Å². The summed E-state index contributed by atoms with van der Waals surface area (Å²) < 4.78 is 44.2. The minimum Gasteiger partial charge on any atom is -0.508 e. The number of ether oxygens (including phenoxy) is 2. The van der Waals surface area contributed by atoms with Crippen molar-refractivity contribution in [3.63, 3.8) is 0 Å². The fourth-order valence-corrected chi connectivity index (χ4v) is 9.53. The molecular formula is C39H47F2N5O4. The van der Waals surface area contributed by atoms with Crippen molar-refractivity contribution in [1.82, 2.24) is 19.9 Å². The number of aryl methyl sites for hydroxylation is 1. The number of aliphatic hydroxyl groups is 1. The highest BCUT2D eigenvalue weighted by atomic mass is 19.1. The quantitative estimate of drug-likeness (QED) is 0.204. The highest BCUT2D eigenvalue weighted by Gasteiger charge is 2.51. The van der Waals surface area contributed by atoms with Gasteiger partial charge in [0.25, 0.3) is 0 Å². The molecule has 4 heterocycles. The third kappa shape index (κ3) is 5.75. The van der Waals surface area contributed by atoms with Gasteiger partial charge in [-0.1, -0.05) is 19.4 Å². The Morgan fingerprint density at radius 1 is 1.04 bits per heavy atom. The zero-order valence-electron chi connectivity index (χ0n) is 29.2. The van der Waals surface area contributed by atoms with E-state index >= 15 is 8.78 Å². The molecule has 4 aromatic rings. The molecule has 50 heavy (non-hydrogen) atoms. The Bertz CT molecular complexity index is 1930. The van der Waals surface area contributed by atoms with Gasteiger partial charge < -0.3 is 24.6 Å². The Hall–Kier alpha value is -3.67. The number of rotatable bonds is 8. The number of phenols is 1. The normalized spacial score (nSPS) is 28.6. The van der Waals surface area contributed by atoms with E-state index in [4.69, 9.17) is 19.4 Å². The Labute approximate surface area is 291 Å². The molecule has 266 valence electrons. The first kappa shape index (κ1) is 33.5. The van der Waals surface area contributed by atoms with E-state index in [1.807, 2.05) is 11.8 Å². The van der Waals surface area contributed by atoms with Crippen molar-refractivity contribution >= 4 is 27.5 Å². The average molecular weight is 688 g/mol. The number of β-amino-alcohol motifs (C(OH)–C–C–N with tert-alkyl or cyclic N) is 1. The zero-order chi connectivity index (χ0) is 34.8. The van der Waals surface area contributed by atoms with Gasteiger partial charge in [-0.25, -0.2) is 8.78 Å². The van der Waals surface area contributed by atoms with Crippen LogP contribution in [0.5, 0.6) is 11.8 Å². The number of hydrogen-bond acceptors (Lipinski definition) is 9. The number of piperidine rings is 2. The van der Waals surface area contributed by atoms with Crippen LogP contribution in [0.1, 0.15) is 77.2 Å². The van der Waals surface area contributed by atoms with Crippen LogP contribution in [0.15, 0.2) is 30.5 Å². The fourth-order valence-electron chi connectivity index (χ4n) is 9.53. The summed E-state index contributed by atoms with van der Waals surface area (Å²) in [6.45, 7) is 6.13. The Morgan fingerprint density at radius 2 is 1.84 bits per heavy atom. The molecule has 2 aromatic carbocycles. The van der Waals surface area contributed by atoms with Gasteiger partial charge in [-0.15, -0.1) is 0 Å². The van der Waals surface area contributed by atoms with Crippen LogP contribution in [0.2, 0.25) is 0 Å². The summed E-state index contributed by atoms with van der Waals surface area (Å²) >= 11 is 0. The Kier molecular flexibility index (Phi) is 8.59. The first-order chi connectivity index (χ1) is 24.1. The molecule has 4 fully saturated rings. The number of halogens is 2. The third-order valence-corrected chi connectivity index (χ3v) is 12.1. The molecule has 9 nitrogen and oxygen atoms in total.